The molecular formula is C23H23N3O5. The van der Waals surface area contributed by atoms with E-state index in [1.807, 2.05) is 53.4 Å². The molecule has 160 valence electrons. The summed E-state index contributed by atoms with van der Waals surface area (Å²) in [4.78, 5) is 19.3. The van der Waals surface area contributed by atoms with Crippen molar-refractivity contribution in [1.29, 1.82) is 0 Å². The molecule has 1 atom stereocenters. The minimum atomic E-state index is -0.617. The van der Waals surface area contributed by atoms with Gasteiger partial charge in [0.1, 0.15) is 12.4 Å². The number of aromatic nitrogens is 2. The van der Waals surface area contributed by atoms with Crippen LogP contribution in [0.2, 0.25) is 0 Å². The molecule has 3 heterocycles. The summed E-state index contributed by atoms with van der Waals surface area (Å²) in [6.45, 7) is 1.45. The molecule has 3 aromatic rings. The van der Waals surface area contributed by atoms with Crippen LogP contribution in [0.3, 0.4) is 0 Å². The van der Waals surface area contributed by atoms with Crippen molar-refractivity contribution in [3.05, 3.63) is 54.4 Å². The first kappa shape index (κ1) is 19.4. The van der Waals surface area contributed by atoms with Crippen LogP contribution in [0.1, 0.15) is 24.6 Å². The maximum Gasteiger partial charge on any atom is 0.267 e. The number of hydrogen-bond acceptors (Lipinski definition) is 7. The zero-order chi connectivity index (χ0) is 21.2. The summed E-state index contributed by atoms with van der Waals surface area (Å²) >= 11 is 0. The molecule has 0 aliphatic carbocycles. The van der Waals surface area contributed by atoms with Gasteiger partial charge >= 0.3 is 0 Å². The molecule has 0 spiro atoms. The van der Waals surface area contributed by atoms with Crippen molar-refractivity contribution in [1.82, 2.24) is 15.0 Å². The second kappa shape index (κ2) is 8.29. The molecule has 0 bridgehead atoms. The smallest absolute Gasteiger partial charge is 0.267 e. The number of fused-ring (bicyclic) bond motifs is 1. The van der Waals surface area contributed by atoms with E-state index >= 15 is 0 Å². The van der Waals surface area contributed by atoms with Gasteiger partial charge in [0.15, 0.2) is 17.3 Å². The molecule has 0 unspecified atom stereocenters. The minimum absolute atomic E-state index is 0.0456. The van der Waals surface area contributed by atoms with Crippen LogP contribution in [0.5, 0.6) is 17.2 Å². The number of ether oxygens (including phenoxy) is 3. The maximum absolute atomic E-state index is 12.9. The maximum atomic E-state index is 12.9. The van der Waals surface area contributed by atoms with Crippen LogP contribution >= 0.6 is 0 Å². The lowest BCUT2D eigenvalue weighted by Gasteiger charge is -2.34. The van der Waals surface area contributed by atoms with E-state index in [4.69, 9.17) is 18.7 Å². The molecular weight excluding hydrogens is 398 g/mol. The Labute approximate surface area is 179 Å². The number of amides is 1. The molecule has 8 nitrogen and oxygen atoms in total. The Morgan fingerprint density at radius 1 is 1.06 bits per heavy atom. The van der Waals surface area contributed by atoms with Crippen molar-refractivity contribution in [2.45, 2.75) is 24.9 Å². The van der Waals surface area contributed by atoms with Gasteiger partial charge in [0.05, 0.1) is 12.7 Å². The van der Waals surface area contributed by atoms with E-state index in [1.54, 1.807) is 7.11 Å². The fraction of sp³-hybridized carbons (Fsp3) is 0.348. The molecule has 31 heavy (non-hydrogen) atoms. The van der Waals surface area contributed by atoms with E-state index in [9.17, 15) is 4.79 Å². The van der Waals surface area contributed by atoms with Gasteiger partial charge in [-0.2, -0.15) is 4.98 Å². The summed E-state index contributed by atoms with van der Waals surface area (Å²) in [6, 6.07) is 15.0. The van der Waals surface area contributed by atoms with Crippen molar-refractivity contribution < 1.29 is 23.5 Å². The number of hydrogen-bond donors (Lipinski definition) is 0. The fourth-order valence-electron chi connectivity index (χ4n) is 4.03. The predicted octanol–water partition coefficient (Wildman–Crippen LogP) is 3.29. The van der Waals surface area contributed by atoms with Gasteiger partial charge in [-0.05, 0) is 37.1 Å². The Morgan fingerprint density at radius 3 is 2.61 bits per heavy atom. The van der Waals surface area contributed by atoms with Crippen LogP contribution in [0.25, 0.3) is 11.5 Å². The van der Waals surface area contributed by atoms with E-state index in [2.05, 4.69) is 10.1 Å². The van der Waals surface area contributed by atoms with Gasteiger partial charge in [-0.15, -0.1) is 0 Å². The van der Waals surface area contributed by atoms with Gasteiger partial charge in [0.25, 0.3) is 11.8 Å². The molecule has 1 fully saturated rings. The molecule has 5 rings (SSSR count). The second-order valence-corrected chi connectivity index (χ2v) is 7.62. The largest absolute Gasteiger partial charge is 0.496 e. The normalized spacial score (nSPS) is 18.6. The highest BCUT2D eigenvalue weighted by molar-refractivity contribution is 5.82. The highest BCUT2D eigenvalue weighted by Crippen LogP contribution is 2.34. The summed E-state index contributed by atoms with van der Waals surface area (Å²) in [5, 5.41) is 4.19. The Morgan fingerprint density at radius 2 is 1.81 bits per heavy atom. The molecule has 1 aromatic heterocycles. The van der Waals surface area contributed by atoms with Gasteiger partial charge in [-0.3, -0.25) is 4.79 Å². The number of methoxy groups -OCH3 is 1. The number of nitrogens with zero attached hydrogens (tertiary/aromatic N) is 3. The van der Waals surface area contributed by atoms with Crippen LogP contribution in [0, 0.1) is 0 Å². The first-order valence-corrected chi connectivity index (χ1v) is 10.4. The van der Waals surface area contributed by atoms with Crippen LogP contribution in [0.15, 0.2) is 53.1 Å². The number of carbonyl (C=O) groups is 1. The van der Waals surface area contributed by atoms with Gasteiger partial charge in [-0.25, -0.2) is 0 Å². The number of likely N-dealkylation sites (tertiary alicyclic amines) is 1. The Kier molecular flexibility index (Phi) is 5.19. The molecule has 0 saturated carbocycles. The van der Waals surface area contributed by atoms with E-state index in [0.29, 0.717) is 42.1 Å². The molecule has 2 aromatic carbocycles. The van der Waals surface area contributed by atoms with E-state index in [1.165, 1.54) is 0 Å². The summed E-state index contributed by atoms with van der Waals surface area (Å²) < 4.78 is 22.4. The predicted molar refractivity (Wildman–Crippen MR) is 111 cm³/mol. The van der Waals surface area contributed by atoms with E-state index in [0.717, 1.165) is 18.4 Å². The summed E-state index contributed by atoms with van der Waals surface area (Å²) in [5.41, 5.74) is 0.770. The second-order valence-electron chi connectivity index (χ2n) is 7.62. The number of rotatable bonds is 4. The first-order chi connectivity index (χ1) is 15.2. The molecule has 1 amide bonds. The highest BCUT2D eigenvalue weighted by Gasteiger charge is 2.34. The van der Waals surface area contributed by atoms with Crippen molar-refractivity contribution in [3.63, 3.8) is 0 Å². The van der Waals surface area contributed by atoms with E-state index in [-0.39, 0.29) is 18.4 Å². The summed E-state index contributed by atoms with van der Waals surface area (Å²) in [5.74, 6) is 3.17. The van der Waals surface area contributed by atoms with Crippen molar-refractivity contribution in [2.24, 2.45) is 0 Å². The standard InChI is InChI=1S/C23H23N3O5/c1-28-17-7-3-2-6-16(17)22-24-21(25-31-22)15-10-12-26(13-11-15)23(27)20-14-29-18-8-4-5-9-19(18)30-20/h2-9,15,20H,10-14H2,1H3/t20-/m0/s1. The molecule has 8 heteroatoms. The monoisotopic (exact) mass is 421 g/mol. The first-order valence-electron chi connectivity index (χ1n) is 10.4. The minimum Gasteiger partial charge on any atom is -0.496 e. The summed E-state index contributed by atoms with van der Waals surface area (Å²) in [7, 11) is 1.61. The molecule has 1 saturated heterocycles. The lowest BCUT2D eigenvalue weighted by atomic mass is 9.96. The number of para-hydroxylation sites is 3. The van der Waals surface area contributed by atoms with Gasteiger partial charge in [-0.1, -0.05) is 29.4 Å². The third kappa shape index (κ3) is 3.81. The third-order valence-corrected chi connectivity index (χ3v) is 5.73. The van der Waals surface area contributed by atoms with Gasteiger partial charge in [0.2, 0.25) is 6.10 Å². The zero-order valence-corrected chi connectivity index (χ0v) is 17.2. The van der Waals surface area contributed by atoms with Crippen molar-refractivity contribution in [2.75, 3.05) is 26.8 Å². The zero-order valence-electron chi connectivity index (χ0n) is 17.2. The fourth-order valence-corrected chi connectivity index (χ4v) is 4.03. The Bertz CT molecular complexity index is 1070. The number of piperidine rings is 1. The van der Waals surface area contributed by atoms with E-state index < -0.39 is 6.10 Å². The van der Waals surface area contributed by atoms with Crippen molar-refractivity contribution in [3.8, 4) is 28.7 Å². The summed E-state index contributed by atoms with van der Waals surface area (Å²) in [6.07, 6.45) is 0.912. The van der Waals surface area contributed by atoms with Crippen LogP contribution < -0.4 is 14.2 Å². The van der Waals surface area contributed by atoms with Crippen LogP contribution in [0.4, 0.5) is 0 Å². The average molecular weight is 421 g/mol. The molecule has 0 radical (unpaired) electrons. The number of carbonyl (C=O) groups excluding carboxylic acids is 1. The quantitative estimate of drug-likeness (QED) is 0.639. The number of benzene rings is 2. The molecule has 0 N–H and O–H groups in total. The highest BCUT2D eigenvalue weighted by atomic mass is 16.6. The lowest BCUT2D eigenvalue weighted by Crippen LogP contribution is -2.48. The Balaban J connectivity index is 1.21. The lowest BCUT2D eigenvalue weighted by molar-refractivity contribution is -0.142. The SMILES string of the molecule is COc1ccccc1-c1nc(C2CCN(C(=O)[C@@H]3COc4ccccc4O3)CC2)no1. The van der Waals surface area contributed by atoms with Gasteiger partial charge in [0, 0.05) is 19.0 Å². The Hall–Kier alpha value is -3.55. The third-order valence-electron chi connectivity index (χ3n) is 5.73. The van der Waals surface area contributed by atoms with Crippen LogP contribution in [-0.2, 0) is 4.79 Å². The average Bonchev–Trinajstić information content (AvgIpc) is 3.33. The van der Waals surface area contributed by atoms with Crippen molar-refractivity contribution >= 4 is 5.91 Å². The van der Waals surface area contributed by atoms with Gasteiger partial charge < -0.3 is 23.6 Å². The molecule has 2 aliphatic rings. The molecule has 2 aliphatic heterocycles. The van der Waals surface area contributed by atoms with Crippen LogP contribution in [-0.4, -0.2) is 53.9 Å². The topological polar surface area (TPSA) is 86.9 Å².